The molecule has 1 aliphatic rings. The summed E-state index contributed by atoms with van der Waals surface area (Å²) in [6.07, 6.45) is 2.87. The van der Waals surface area contributed by atoms with Crippen LogP contribution in [-0.4, -0.2) is 37.4 Å². The second kappa shape index (κ2) is 8.86. The van der Waals surface area contributed by atoms with E-state index in [1.165, 1.54) is 4.31 Å². The number of carbonyl (C=O) groups is 1. The molecule has 0 radical (unpaired) electrons. The van der Waals surface area contributed by atoms with Crippen LogP contribution in [-0.2, 0) is 10.0 Å². The maximum Gasteiger partial charge on any atom is 0.271 e. The number of sulfonamides is 1. The van der Waals surface area contributed by atoms with Gasteiger partial charge in [-0.3, -0.25) is 4.79 Å². The summed E-state index contributed by atoms with van der Waals surface area (Å²) >= 11 is 5.89. The van der Waals surface area contributed by atoms with E-state index in [2.05, 4.69) is 10.5 Å². The predicted octanol–water partition coefficient (Wildman–Crippen LogP) is 3.67. The standard InChI is InChI=1S/C20H22ClN3O3S/c1-15(22-23-20(25)17-6-5-7-18(21)14-17)16-8-10-19(11-9-16)28(26,27)24-12-3-2-4-13-24/h5-11,14H,2-4,12-13H2,1H3,(H,23,25)/b22-15-. The molecule has 2 aromatic carbocycles. The van der Waals surface area contributed by atoms with Gasteiger partial charge in [0.25, 0.3) is 5.91 Å². The zero-order valence-corrected chi connectivity index (χ0v) is 17.1. The number of halogens is 1. The van der Waals surface area contributed by atoms with Gasteiger partial charge in [0.2, 0.25) is 10.0 Å². The van der Waals surface area contributed by atoms with Crippen LogP contribution in [0.2, 0.25) is 5.02 Å². The van der Waals surface area contributed by atoms with Crippen LogP contribution in [0.3, 0.4) is 0 Å². The van der Waals surface area contributed by atoms with Gasteiger partial charge in [-0.05, 0) is 55.7 Å². The minimum atomic E-state index is -3.46. The fraction of sp³-hybridized carbons (Fsp3) is 0.300. The highest BCUT2D eigenvalue weighted by Crippen LogP contribution is 2.21. The normalized spacial score (nSPS) is 16.0. The van der Waals surface area contributed by atoms with Crippen molar-refractivity contribution in [1.82, 2.24) is 9.73 Å². The number of piperidine rings is 1. The van der Waals surface area contributed by atoms with Crippen LogP contribution in [0.1, 0.15) is 42.1 Å². The van der Waals surface area contributed by atoms with Crippen LogP contribution in [0.15, 0.2) is 58.5 Å². The average Bonchev–Trinajstić information content (AvgIpc) is 2.72. The Morgan fingerprint density at radius 2 is 1.71 bits per heavy atom. The SMILES string of the molecule is C/C(=N/NC(=O)c1cccc(Cl)c1)c1ccc(S(=O)(=O)N2CCCCC2)cc1. The lowest BCUT2D eigenvalue weighted by atomic mass is 10.1. The van der Waals surface area contributed by atoms with Crippen molar-refractivity contribution >= 4 is 33.2 Å². The lowest BCUT2D eigenvalue weighted by Crippen LogP contribution is -2.35. The molecule has 28 heavy (non-hydrogen) atoms. The molecule has 8 heteroatoms. The van der Waals surface area contributed by atoms with Crippen molar-refractivity contribution in [3.05, 3.63) is 64.7 Å². The minimum absolute atomic E-state index is 0.272. The van der Waals surface area contributed by atoms with Crippen molar-refractivity contribution in [1.29, 1.82) is 0 Å². The molecule has 3 rings (SSSR count). The first-order chi connectivity index (χ1) is 13.4. The van der Waals surface area contributed by atoms with Gasteiger partial charge in [-0.1, -0.05) is 36.2 Å². The summed E-state index contributed by atoms with van der Waals surface area (Å²) in [7, 11) is -3.46. The summed E-state index contributed by atoms with van der Waals surface area (Å²) < 4.78 is 26.9. The van der Waals surface area contributed by atoms with Crippen LogP contribution in [0.25, 0.3) is 0 Å². The molecular weight excluding hydrogens is 398 g/mol. The van der Waals surface area contributed by atoms with E-state index in [1.807, 2.05) is 0 Å². The fourth-order valence-corrected chi connectivity index (χ4v) is 4.72. The molecule has 1 N–H and O–H groups in total. The molecule has 6 nitrogen and oxygen atoms in total. The fourth-order valence-electron chi connectivity index (χ4n) is 3.02. The Labute approximate surface area is 170 Å². The molecule has 0 aliphatic carbocycles. The number of hydrogen-bond acceptors (Lipinski definition) is 4. The summed E-state index contributed by atoms with van der Waals surface area (Å²) in [5, 5.41) is 4.57. The molecular formula is C20H22ClN3O3S. The van der Waals surface area contributed by atoms with Crippen LogP contribution < -0.4 is 5.43 Å². The molecule has 148 valence electrons. The number of carbonyl (C=O) groups excluding carboxylic acids is 1. The zero-order valence-electron chi connectivity index (χ0n) is 15.6. The summed E-state index contributed by atoms with van der Waals surface area (Å²) in [4.78, 5) is 12.4. The molecule has 0 unspecified atom stereocenters. The highest BCUT2D eigenvalue weighted by Gasteiger charge is 2.25. The van der Waals surface area contributed by atoms with Gasteiger partial charge in [0.05, 0.1) is 10.6 Å². The van der Waals surface area contributed by atoms with E-state index in [4.69, 9.17) is 11.6 Å². The zero-order chi connectivity index (χ0) is 20.1. The molecule has 1 amide bonds. The highest BCUT2D eigenvalue weighted by atomic mass is 35.5. The van der Waals surface area contributed by atoms with Crippen LogP contribution in [0.5, 0.6) is 0 Å². The molecule has 1 aliphatic heterocycles. The average molecular weight is 420 g/mol. The minimum Gasteiger partial charge on any atom is -0.267 e. The van der Waals surface area contributed by atoms with E-state index in [9.17, 15) is 13.2 Å². The largest absolute Gasteiger partial charge is 0.271 e. The van der Waals surface area contributed by atoms with E-state index in [0.717, 1.165) is 24.8 Å². The van der Waals surface area contributed by atoms with E-state index < -0.39 is 10.0 Å². The molecule has 0 atom stereocenters. The van der Waals surface area contributed by atoms with Gasteiger partial charge < -0.3 is 0 Å². The lowest BCUT2D eigenvalue weighted by Gasteiger charge is -2.25. The van der Waals surface area contributed by atoms with Crippen molar-refractivity contribution in [3.63, 3.8) is 0 Å². The monoisotopic (exact) mass is 419 g/mol. The second-order valence-corrected chi connectivity index (χ2v) is 9.01. The third-order valence-corrected chi connectivity index (χ3v) is 6.78. The van der Waals surface area contributed by atoms with Crippen molar-refractivity contribution in [2.24, 2.45) is 5.10 Å². The molecule has 0 spiro atoms. The first-order valence-corrected chi connectivity index (χ1v) is 10.9. The van der Waals surface area contributed by atoms with E-state index in [-0.39, 0.29) is 10.8 Å². The maximum atomic E-state index is 12.7. The molecule has 0 saturated carbocycles. The van der Waals surface area contributed by atoms with Crippen molar-refractivity contribution in [3.8, 4) is 0 Å². The van der Waals surface area contributed by atoms with Crippen LogP contribution in [0, 0.1) is 0 Å². The predicted molar refractivity (Wildman–Crippen MR) is 110 cm³/mol. The van der Waals surface area contributed by atoms with Crippen molar-refractivity contribution in [2.45, 2.75) is 31.1 Å². The van der Waals surface area contributed by atoms with Crippen molar-refractivity contribution in [2.75, 3.05) is 13.1 Å². The molecule has 0 bridgehead atoms. The molecule has 1 fully saturated rings. The summed E-state index contributed by atoms with van der Waals surface area (Å²) in [6, 6.07) is 13.1. The second-order valence-electron chi connectivity index (χ2n) is 6.64. The van der Waals surface area contributed by atoms with Gasteiger partial charge in [0.1, 0.15) is 0 Å². The quantitative estimate of drug-likeness (QED) is 0.593. The van der Waals surface area contributed by atoms with Crippen molar-refractivity contribution < 1.29 is 13.2 Å². The Bertz CT molecular complexity index is 982. The first kappa shape index (κ1) is 20.5. The smallest absolute Gasteiger partial charge is 0.267 e. The number of nitrogens with one attached hydrogen (secondary N) is 1. The van der Waals surface area contributed by atoms with Gasteiger partial charge in [0, 0.05) is 23.7 Å². The van der Waals surface area contributed by atoms with Gasteiger partial charge in [-0.25, -0.2) is 13.8 Å². The number of hydrogen-bond donors (Lipinski definition) is 1. The van der Waals surface area contributed by atoms with E-state index in [0.29, 0.717) is 29.4 Å². The third-order valence-electron chi connectivity index (χ3n) is 4.64. The summed E-state index contributed by atoms with van der Waals surface area (Å²) in [6.45, 7) is 2.88. The number of nitrogens with zero attached hydrogens (tertiary/aromatic N) is 2. The van der Waals surface area contributed by atoms with Gasteiger partial charge >= 0.3 is 0 Å². The summed E-state index contributed by atoms with van der Waals surface area (Å²) in [5.41, 5.74) is 4.19. The molecule has 2 aromatic rings. The van der Waals surface area contributed by atoms with Gasteiger partial charge in [-0.15, -0.1) is 0 Å². The van der Waals surface area contributed by atoms with Crippen LogP contribution >= 0.6 is 11.6 Å². The molecule has 0 aromatic heterocycles. The number of hydrazone groups is 1. The Hall–Kier alpha value is -2.22. The van der Waals surface area contributed by atoms with E-state index in [1.54, 1.807) is 55.5 Å². The van der Waals surface area contributed by atoms with Crippen LogP contribution in [0.4, 0.5) is 0 Å². The topological polar surface area (TPSA) is 78.8 Å². The number of benzene rings is 2. The highest BCUT2D eigenvalue weighted by molar-refractivity contribution is 7.89. The number of amides is 1. The lowest BCUT2D eigenvalue weighted by molar-refractivity contribution is 0.0955. The molecule has 1 heterocycles. The van der Waals surface area contributed by atoms with Gasteiger partial charge in [-0.2, -0.15) is 9.41 Å². The third kappa shape index (κ3) is 4.79. The van der Waals surface area contributed by atoms with E-state index >= 15 is 0 Å². The Morgan fingerprint density at radius 1 is 1.04 bits per heavy atom. The Kier molecular flexibility index (Phi) is 6.49. The Morgan fingerprint density at radius 3 is 2.36 bits per heavy atom. The number of rotatable bonds is 5. The first-order valence-electron chi connectivity index (χ1n) is 9.09. The van der Waals surface area contributed by atoms with Gasteiger partial charge in [0.15, 0.2) is 0 Å². The Balaban J connectivity index is 1.70. The maximum absolute atomic E-state index is 12.7. The molecule has 1 saturated heterocycles. The summed E-state index contributed by atoms with van der Waals surface area (Å²) in [5.74, 6) is -0.369.